The van der Waals surface area contributed by atoms with E-state index in [0.717, 1.165) is 22.5 Å². The van der Waals surface area contributed by atoms with Gasteiger partial charge in [0.1, 0.15) is 11.3 Å². The maximum absolute atomic E-state index is 12.7. The van der Waals surface area contributed by atoms with Crippen molar-refractivity contribution in [1.29, 1.82) is 0 Å². The first kappa shape index (κ1) is 16.1. The Kier molecular flexibility index (Phi) is 4.05. The number of fused-ring (bicyclic) bond motifs is 1. The van der Waals surface area contributed by atoms with Gasteiger partial charge in [-0.1, -0.05) is 0 Å². The number of nitrogens with one attached hydrogen (secondary N) is 1. The molecule has 1 N–H and O–H groups in total. The number of hydrogen-bond donors (Lipinski definition) is 1. The van der Waals surface area contributed by atoms with E-state index in [0.29, 0.717) is 16.9 Å². The second-order valence-corrected chi connectivity index (χ2v) is 6.05. The van der Waals surface area contributed by atoms with Crippen molar-refractivity contribution < 1.29 is 13.9 Å². The normalized spacial score (nSPS) is 11.2. The molecule has 0 saturated carbocycles. The summed E-state index contributed by atoms with van der Waals surface area (Å²) in [5.41, 5.74) is 3.56. The first-order valence-electron chi connectivity index (χ1n) is 7.84. The van der Waals surface area contributed by atoms with Crippen LogP contribution in [0.3, 0.4) is 0 Å². The molecule has 1 amide bonds. The van der Waals surface area contributed by atoms with Crippen LogP contribution in [0.5, 0.6) is 5.75 Å². The number of benzene rings is 1. The molecule has 0 aliphatic carbocycles. The van der Waals surface area contributed by atoms with E-state index in [9.17, 15) is 4.79 Å². The molecule has 24 heavy (non-hydrogen) atoms. The van der Waals surface area contributed by atoms with Crippen LogP contribution in [0, 0.1) is 13.8 Å². The molecule has 0 aliphatic heterocycles. The monoisotopic (exact) mass is 327 g/mol. The van der Waals surface area contributed by atoms with Crippen molar-refractivity contribution in [1.82, 2.24) is 9.78 Å². The molecule has 3 aromatic rings. The Balaban J connectivity index is 1.96. The summed E-state index contributed by atoms with van der Waals surface area (Å²) in [6.45, 7) is 7.95. The van der Waals surface area contributed by atoms with Crippen LogP contribution in [-0.4, -0.2) is 22.8 Å². The van der Waals surface area contributed by atoms with Crippen molar-refractivity contribution in [2.24, 2.45) is 0 Å². The third-order valence-corrected chi connectivity index (χ3v) is 4.07. The first-order chi connectivity index (χ1) is 11.4. The van der Waals surface area contributed by atoms with Gasteiger partial charge in [0.15, 0.2) is 0 Å². The zero-order valence-corrected chi connectivity index (χ0v) is 14.5. The lowest BCUT2D eigenvalue weighted by molar-refractivity contribution is 0.102. The molecule has 2 heterocycles. The third kappa shape index (κ3) is 2.64. The van der Waals surface area contributed by atoms with E-state index in [1.807, 2.05) is 24.6 Å². The summed E-state index contributed by atoms with van der Waals surface area (Å²) >= 11 is 0. The lowest BCUT2D eigenvalue weighted by Crippen LogP contribution is -2.13. The molecule has 6 nitrogen and oxygen atoms in total. The van der Waals surface area contributed by atoms with Gasteiger partial charge in [-0.25, -0.2) is 0 Å². The highest BCUT2D eigenvalue weighted by Crippen LogP contribution is 2.29. The summed E-state index contributed by atoms with van der Waals surface area (Å²) in [5.74, 6) is 0.388. The zero-order chi connectivity index (χ0) is 17.4. The molecule has 126 valence electrons. The van der Waals surface area contributed by atoms with Crippen molar-refractivity contribution in [3.63, 3.8) is 0 Å². The molecule has 2 aromatic heterocycles. The minimum atomic E-state index is -0.221. The van der Waals surface area contributed by atoms with E-state index >= 15 is 0 Å². The number of rotatable bonds is 4. The smallest absolute Gasteiger partial charge is 0.256 e. The number of anilines is 1. The van der Waals surface area contributed by atoms with E-state index in [2.05, 4.69) is 24.3 Å². The molecule has 0 unspecified atom stereocenters. The van der Waals surface area contributed by atoms with Crippen LogP contribution in [0.25, 0.3) is 11.0 Å². The molecule has 0 radical (unpaired) electrons. The fourth-order valence-electron chi connectivity index (χ4n) is 2.87. The second-order valence-electron chi connectivity index (χ2n) is 6.05. The lowest BCUT2D eigenvalue weighted by Gasteiger charge is -2.10. The standard InChI is InChI=1S/C18H21N3O3/c1-10(2)21-12(4)17(11(3)20-21)19-18(22)13-8-15(23-5)14-6-7-24-16(14)9-13/h6-10H,1-5H3,(H,19,22). The van der Waals surface area contributed by atoms with Gasteiger partial charge in [0.05, 0.1) is 35.8 Å². The number of methoxy groups -OCH3 is 1. The van der Waals surface area contributed by atoms with Crippen molar-refractivity contribution >= 4 is 22.6 Å². The number of ether oxygens (including phenoxy) is 1. The van der Waals surface area contributed by atoms with Crippen LogP contribution in [0.2, 0.25) is 0 Å². The van der Waals surface area contributed by atoms with Gasteiger partial charge in [0.25, 0.3) is 5.91 Å². The average molecular weight is 327 g/mol. The molecule has 0 fully saturated rings. The number of aryl methyl sites for hydroxylation is 1. The Hall–Kier alpha value is -2.76. The predicted molar refractivity (Wildman–Crippen MR) is 92.8 cm³/mol. The Bertz CT molecular complexity index is 906. The molecule has 0 atom stereocenters. The van der Waals surface area contributed by atoms with Gasteiger partial charge in [-0.3, -0.25) is 9.48 Å². The molecule has 0 aliphatic rings. The van der Waals surface area contributed by atoms with Gasteiger partial charge >= 0.3 is 0 Å². The Morgan fingerprint density at radius 1 is 1.33 bits per heavy atom. The summed E-state index contributed by atoms with van der Waals surface area (Å²) in [6, 6.07) is 5.47. The topological polar surface area (TPSA) is 69.3 Å². The fourth-order valence-corrected chi connectivity index (χ4v) is 2.87. The van der Waals surface area contributed by atoms with Gasteiger partial charge in [-0.2, -0.15) is 5.10 Å². The number of nitrogens with zero attached hydrogens (tertiary/aromatic N) is 2. The number of carbonyl (C=O) groups is 1. The van der Waals surface area contributed by atoms with Crippen LogP contribution in [0.4, 0.5) is 5.69 Å². The van der Waals surface area contributed by atoms with Crippen molar-refractivity contribution in [3.8, 4) is 5.75 Å². The summed E-state index contributed by atoms with van der Waals surface area (Å²) < 4.78 is 12.7. The van der Waals surface area contributed by atoms with E-state index in [1.54, 1.807) is 25.5 Å². The molecular weight excluding hydrogens is 306 g/mol. The van der Waals surface area contributed by atoms with Crippen LogP contribution < -0.4 is 10.1 Å². The molecule has 0 bridgehead atoms. The SMILES string of the molecule is COc1cc(C(=O)Nc2c(C)nn(C(C)C)c2C)cc2occc12. The average Bonchev–Trinajstić information content (AvgIpc) is 3.13. The van der Waals surface area contributed by atoms with Gasteiger partial charge < -0.3 is 14.5 Å². The van der Waals surface area contributed by atoms with Crippen molar-refractivity contribution in [2.75, 3.05) is 12.4 Å². The number of carbonyl (C=O) groups excluding carboxylic acids is 1. The zero-order valence-electron chi connectivity index (χ0n) is 14.5. The third-order valence-electron chi connectivity index (χ3n) is 4.07. The van der Waals surface area contributed by atoms with Crippen LogP contribution in [0.15, 0.2) is 28.9 Å². The Morgan fingerprint density at radius 3 is 2.71 bits per heavy atom. The molecule has 3 rings (SSSR count). The molecular formula is C18H21N3O3. The summed E-state index contributed by atoms with van der Waals surface area (Å²) in [5, 5.41) is 8.29. The molecule has 1 aromatic carbocycles. The predicted octanol–water partition coefficient (Wildman–Crippen LogP) is 4.09. The maximum atomic E-state index is 12.7. The van der Waals surface area contributed by atoms with Crippen molar-refractivity contribution in [2.45, 2.75) is 33.7 Å². The number of furan rings is 1. The van der Waals surface area contributed by atoms with Crippen LogP contribution in [-0.2, 0) is 0 Å². The highest BCUT2D eigenvalue weighted by atomic mass is 16.5. The molecule has 0 spiro atoms. The van der Waals surface area contributed by atoms with E-state index < -0.39 is 0 Å². The second kappa shape index (κ2) is 6.03. The van der Waals surface area contributed by atoms with Crippen LogP contribution >= 0.6 is 0 Å². The van der Waals surface area contributed by atoms with E-state index in [-0.39, 0.29) is 11.9 Å². The van der Waals surface area contributed by atoms with E-state index in [4.69, 9.17) is 9.15 Å². The van der Waals surface area contributed by atoms with Crippen molar-refractivity contribution in [3.05, 3.63) is 41.4 Å². The van der Waals surface area contributed by atoms with E-state index in [1.165, 1.54) is 0 Å². The summed E-state index contributed by atoms with van der Waals surface area (Å²) in [7, 11) is 1.57. The summed E-state index contributed by atoms with van der Waals surface area (Å²) in [6.07, 6.45) is 1.58. The van der Waals surface area contributed by atoms with Gasteiger partial charge in [0.2, 0.25) is 0 Å². The maximum Gasteiger partial charge on any atom is 0.256 e. The molecule has 6 heteroatoms. The number of amides is 1. The first-order valence-corrected chi connectivity index (χ1v) is 7.84. The Labute approximate surface area is 140 Å². The quantitative estimate of drug-likeness (QED) is 0.783. The highest BCUT2D eigenvalue weighted by molar-refractivity contribution is 6.07. The van der Waals surface area contributed by atoms with Gasteiger partial charge in [-0.15, -0.1) is 0 Å². The van der Waals surface area contributed by atoms with Gasteiger partial charge in [-0.05, 0) is 45.9 Å². The minimum Gasteiger partial charge on any atom is -0.496 e. The molecule has 0 saturated heterocycles. The lowest BCUT2D eigenvalue weighted by atomic mass is 10.1. The van der Waals surface area contributed by atoms with Gasteiger partial charge in [0, 0.05) is 11.6 Å². The van der Waals surface area contributed by atoms with Crippen LogP contribution in [0.1, 0.15) is 41.6 Å². The largest absolute Gasteiger partial charge is 0.496 e. The minimum absolute atomic E-state index is 0.221. The Morgan fingerprint density at radius 2 is 2.08 bits per heavy atom. The number of hydrogen-bond acceptors (Lipinski definition) is 4. The number of aromatic nitrogens is 2. The fraction of sp³-hybridized carbons (Fsp3) is 0.333. The highest BCUT2D eigenvalue weighted by Gasteiger charge is 2.18. The summed E-state index contributed by atoms with van der Waals surface area (Å²) in [4.78, 5) is 12.7.